The van der Waals surface area contributed by atoms with Crippen LogP contribution in [-0.4, -0.2) is 29.4 Å². The second-order valence-electron chi connectivity index (χ2n) is 8.54. The van der Waals surface area contributed by atoms with E-state index in [4.69, 9.17) is 9.84 Å². The van der Waals surface area contributed by atoms with Crippen LogP contribution in [0.5, 0.6) is 0 Å². The highest BCUT2D eigenvalue weighted by molar-refractivity contribution is 6.76. The van der Waals surface area contributed by atoms with E-state index in [1.807, 2.05) is 23.0 Å². The van der Waals surface area contributed by atoms with E-state index in [1.54, 1.807) is 6.20 Å². The van der Waals surface area contributed by atoms with Gasteiger partial charge in [0.2, 0.25) is 0 Å². The number of benzene rings is 2. The highest BCUT2D eigenvalue weighted by atomic mass is 28.3. The summed E-state index contributed by atoms with van der Waals surface area (Å²) in [5, 5.41) is 6.05. The summed E-state index contributed by atoms with van der Waals surface area (Å²) in [4.78, 5) is 4.26. The summed E-state index contributed by atoms with van der Waals surface area (Å²) in [5.41, 5.74) is 5.43. The molecule has 0 spiro atoms. The Hall–Kier alpha value is -2.76. The maximum absolute atomic E-state index is 5.99. The van der Waals surface area contributed by atoms with Crippen LogP contribution in [0.2, 0.25) is 25.7 Å². The number of nitrogens with zero attached hydrogens (tertiary/aromatic N) is 3. The molecule has 0 N–H and O–H groups in total. The van der Waals surface area contributed by atoms with Crippen molar-refractivity contribution in [3.8, 4) is 22.4 Å². The van der Waals surface area contributed by atoms with Crippen molar-refractivity contribution in [3.05, 3.63) is 73.1 Å². The summed E-state index contributed by atoms with van der Waals surface area (Å²) in [6.45, 7) is 8.36. The molecule has 29 heavy (non-hydrogen) atoms. The predicted octanol–water partition coefficient (Wildman–Crippen LogP) is 6.08. The standard InChI is InChI=1S/C24H27N3OSi/c1-29(2,3)15-14-28-18-27-23-12-11-20(21-10-7-13-25-17-21)16-22(23)24(26-27)19-8-5-4-6-9-19/h4-13,16-17H,14-15,18H2,1-3H3. The molecule has 4 nitrogen and oxygen atoms in total. The highest BCUT2D eigenvalue weighted by Gasteiger charge is 2.15. The van der Waals surface area contributed by atoms with Crippen molar-refractivity contribution in [2.24, 2.45) is 0 Å². The van der Waals surface area contributed by atoms with E-state index in [1.165, 1.54) is 0 Å². The van der Waals surface area contributed by atoms with Gasteiger partial charge in [-0.3, -0.25) is 4.98 Å². The average Bonchev–Trinajstić information content (AvgIpc) is 3.10. The zero-order valence-electron chi connectivity index (χ0n) is 17.3. The summed E-state index contributed by atoms with van der Waals surface area (Å²) in [7, 11) is -1.10. The van der Waals surface area contributed by atoms with Crippen molar-refractivity contribution in [1.82, 2.24) is 14.8 Å². The lowest BCUT2D eigenvalue weighted by molar-refractivity contribution is 0.0818. The van der Waals surface area contributed by atoms with Gasteiger partial charge >= 0.3 is 0 Å². The number of fused-ring (bicyclic) bond motifs is 1. The number of rotatable bonds is 7. The number of pyridine rings is 1. The fourth-order valence-electron chi connectivity index (χ4n) is 3.33. The molecule has 0 saturated carbocycles. The van der Waals surface area contributed by atoms with Crippen LogP contribution in [0.1, 0.15) is 0 Å². The minimum absolute atomic E-state index is 0.472. The SMILES string of the molecule is C[Si](C)(C)CCOCn1nc(-c2ccccc2)c2cc(-c3cccnc3)ccc21. The average molecular weight is 402 g/mol. The van der Waals surface area contributed by atoms with Gasteiger partial charge in [0.15, 0.2) is 0 Å². The van der Waals surface area contributed by atoms with Crippen LogP contribution in [-0.2, 0) is 11.5 Å². The molecule has 0 amide bonds. The van der Waals surface area contributed by atoms with Gasteiger partial charge in [0.05, 0.1) is 5.52 Å². The Balaban J connectivity index is 1.71. The first-order chi connectivity index (χ1) is 14.0. The summed E-state index contributed by atoms with van der Waals surface area (Å²) in [5.74, 6) is 0. The van der Waals surface area contributed by atoms with E-state index in [2.05, 4.69) is 73.2 Å². The van der Waals surface area contributed by atoms with Crippen molar-refractivity contribution in [3.63, 3.8) is 0 Å². The molecule has 0 saturated heterocycles. The lowest BCUT2D eigenvalue weighted by Crippen LogP contribution is -2.22. The molecule has 2 aromatic carbocycles. The molecule has 0 fully saturated rings. The summed E-state index contributed by atoms with van der Waals surface area (Å²) in [6, 6.07) is 22.0. The molecule has 0 unspecified atom stereocenters. The van der Waals surface area contributed by atoms with Crippen molar-refractivity contribution in [2.75, 3.05) is 6.61 Å². The van der Waals surface area contributed by atoms with Crippen molar-refractivity contribution in [1.29, 1.82) is 0 Å². The number of hydrogen-bond acceptors (Lipinski definition) is 3. The summed E-state index contributed by atoms with van der Waals surface area (Å²) >= 11 is 0. The molecule has 5 heteroatoms. The Morgan fingerprint density at radius 2 is 1.69 bits per heavy atom. The quantitative estimate of drug-likeness (QED) is 0.278. The fraction of sp³-hybridized carbons (Fsp3) is 0.250. The normalized spacial score (nSPS) is 11.8. The van der Waals surface area contributed by atoms with Gasteiger partial charge in [0.25, 0.3) is 0 Å². The van der Waals surface area contributed by atoms with Crippen LogP contribution in [0.3, 0.4) is 0 Å². The Kier molecular flexibility index (Phi) is 5.60. The third-order valence-electron chi connectivity index (χ3n) is 5.00. The molecule has 0 atom stereocenters. The van der Waals surface area contributed by atoms with Crippen LogP contribution >= 0.6 is 0 Å². The molecule has 0 radical (unpaired) electrons. The second kappa shape index (κ2) is 8.31. The molecular weight excluding hydrogens is 374 g/mol. The Morgan fingerprint density at radius 3 is 2.41 bits per heavy atom. The first-order valence-corrected chi connectivity index (χ1v) is 13.8. The van der Waals surface area contributed by atoms with Gasteiger partial charge in [-0.05, 0) is 29.8 Å². The summed E-state index contributed by atoms with van der Waals surface area (Å²) in [6.07, 6.45) is 3.69. The molecule has 0 aliphatic carbocycles. The van der Waals surface area contributed by atoms with Gasteiger partial charge in [-0.25, -0.2) is 4.68 Å². The van der Waals surface area contributed by atoms with Gasteiger partial charge in [0.1, 0.15) is 12.4 Å². The lowest BCUT2D eigenvalue weighted by atomic mass is 10.0. The monoisotopic (exact) mass is 401 g/mol. The van der Waals surface area contributed by atoms with Crippen LogP contribution in [0.4, 0.5) is 0 Å². The molecule has 2 heterocycles. The highest BCUT2D eigenvalue weighted by Crippen LogP contribution is 2.31. The molecule has 0 aliphatic heterocycles. The lowest BCUT2D eigenvalue weighted by Gasteiger charge is -2.15. The fourth-order valence-corrected chi connectivity index (χ4v) is 4.09. The molecular formula is C24H27N3OSi. The van der Waals surface area contributed by atoms with E-state index < -0.39 is 8.07 Å². The van der Waals surface area contributed by atoms with E-state index in [0.717, 1.165) is 45.9 Å². The molecule has 4 aromatic rings. The van der Waals surface area contributed by atoms with E-state index >= 15 is 0 Å². The number of aromatic nitrogens is 3. The van der Waals surface area contributed by atoms with Crippen molar-refractivity contribution >= 4 is 19.0 Å². The first kappa shape index (κ1) is 19.5. The van der Waals surface area contributed by atoms with Gasteiger partial charge in [-0.1, -0.05) is 62.1 Å². The van der Waals surface area contributed by atoms with Gasteiger partial charge in [-0.2, -0.15) is 5.10 Å². The Morgan fingerprint density at radius 1 is 0.897 bits per heavy atom. The summed E-state index contributed by atoms with van der Waals surface area (Å²) < 4.78 is 7.97. The minimum atomic E-state index is -1.10. The molecule has 0 aliphatic rings. The van der Waals surface area contributed by atoms with Crippen LogP contribution in [0.15, 0.2) is 73.1 Å². The second-order valence-corrected chi connectivity index (χ2v) is 14.2. The van der Waals surface area contributed by atoms with Gasteiger partial charge in [0, 0.05) is 43.6 Å². The topological polar surface area (TPSA) is 39.9 Å². The van der Waals surface area contributed by atoms with E-state index in [0.29, 0.717) is 6.73 Å². The predicted molar refractivity (Wildman–Crippen MR) is 123 cm³/mol. The third-order valence-corrected chi connectivity index (χ3v) is 6.71. The first-order valence-electron chi connectivity index (χ1n) is 10.1. The maximum atomic E-state index is 5.99. The van der Waals surface area contributed by atoms with Gasteiger partial charge in [-0.15, -0.1) is 0 Å². The van der Waals surface area contributed by atoms with Gasteiger partial charge < -0.3 is 4.74 Å². The van der Waals surface area contributed by atoms with Crippen molar-refractivity contribution < 1.29 is 4.74 Å². The zero-order valence-corrected chi connectivity index (χ0v) is 18.3. The van der Waals surface area contributed by atoms with E-state index in [-0.39, 0.29) is 0 Å². The van der Waals surface area contributed by atoms with Crippen LogP contribution in [0, 0.1) is 0 Å². The number of hydrogen-bond donors (Lipinski definition) is 0. The van der Waals surface area contributed by atoms with E-state index in [9.17, 15) is 0 Å². The molecule has 0 bridgehead atoms. The zero-order chi connectivity index (χ0) is 20.3. The van der Waals surface area contributed by atoms with Crippen LogP contribution < -0.4 is 0 Å². The largest absolute Gasteiger partial charge is 0.360 e. The molecule has 2 aromatic heterocycles. The third kappa shape index (κ3) is 4.63. The number of ether oxygens (including phenoxy) is 1. The Bertz CT molecular complexity index is 1090. The minimum Gasteiger partial charge on any atom is -0.360 e. The molecule has 4 rings (SSSR count). The Labute approximate surface area is 173 Å². The van der Waals surface area contributed by atoms with Crippen molar-refractivity contribution in [2.45, 2.75) is 32.4 Å². The van der Waals surface area contributed by atoms with Crippen LogP contribution in [0.25, 0.3) is 33.3 Å². The maximum Gasteiger partial charge on any atom is 0.140 e. The smallest absolute Gasteiger partial charge is 0.140 e. The molecule has 148 valence electrons.